The molecule has 71 valence electrons. The minimum Gasteiger partial charge on any atom is -0.436 e. The summed E-state index contributed by atoms with van der Waals surface area (Å²) < 4.78 is 10.1. The predicted octanol–water partition coefficient (Wildman–Crippen LogP) is 2.88. The second-order valence-corrected chi connectivity index (χ2v) is 3.08. The molecule has 2 aromatic rings. The van der Waals surface area contributed by atoms with E-state index in [1.165, 1.54) is 5.56 Å². The number of hydrogen-bond acceptors (Lipinski definition) is 3. The second-order valence-electron chi connectivity index (χ2n) is 3.08. The molecule has 1 aromatic carbocycles. The Kier molecular flexibility index (Phi) is 2.23. The summed E-state index contributed by atoms with van der Waals surface area (Å²) in [5.41, 5.74) is 2.30. The molecule has 1 radical (unpaired) electrons. The normalized spacial score (nSPS) is 10.1. The summed E-state index contributed by atoms with van der Waals surface area (Å²) in [5, 5.41) is 3.63. The number of nitrogens with zero attached hydrogens (tertiary/aromatic N) is 1. The molecule has 0 fully saturated rings. The minimum atomic E-state index is 0.429. The fraction of sp³-hybridized carbons (Fsp3) is 0.182. The Labute approximate surface area is 82.3 Å². The van der Waals surface area contributed by atoms with Crippen LogP contribution in [0.1, 0.15) is 11.1 Å². The van der Waals surface area contributed by atoms with Gasteiger partial charge in [0.1, 0.15) is 5.75 Å². The zero-order valence-corrected chi connectivity index (χ0v) is 8.07. The molecular weight excluding hydrogens is 178 g/mol. The van der Waals surface area contributed by atoms with Crippen LogP contribution < -0.4 is 4.74 Å². The lowest BCUT2D eigenvalue weighted by atomic mass is 10.1. The lowest BCUT2D eigenvalue weighted by Crippen LogP contribution is -1.89. The maximum Gasteiger partial charge on any atom is 0.260 e. The molecule has 0 saturated heterocycles. The zero-order valence-electron chi connectivity index (χ0n) is 8.07. The van der Waals surface area contributed by atoms with Crippen molar-refractivity contribution < 1.29 is 9.26 Å². The van der Waals surface area contributed by atoms with E-state index in [1.807, 2.05) is 32.0 Å². The van der Waals surface area contributed by atoms with Crippen molar-refractivity contribution in [1.29, 1.82) is 0 Å². The first-order valence-electron chi connectivity index (χ1n) is 4.34. The first-order chi connectivity index (χ1) is 6.77. The van der Waals surface area contributed by atoms with E-state index in [0.29, 0.717) is 5.88 Å². The molecular formula is C11H10NO2. The van der Waals surface area contributed by atoms with Crippen molar-refractivity contribution in [3.63, 3.8) is 0 Å². The van der Waals surface area contributed by atoms with Crippen molar-refractivity contribution >= 4 is 0 Å². The number of ether oxygens (including phenoxy) is 1. The number of hydrogen-bond donors (Lipinski definition) is 0. The maximum atomic E-state index is 5.49. The van der Waals surface area contributed by atoms with Crippen LogP contribution in [0.3, 0.4) is 0 Å². The molecule has 0 aliphatic rings. The van der Waals surface area contributed by atoms with Crippen molar-refractivity contribution in [2.24, 2.45) is 0 Å². The quantitative estimate of drug-likeness (QED) is 0.726. The lowest BCUT2D eigenvalue weighted by Gasteiger charge is -2.06. The molecule has 0 atom stereocenters. The molecule has 0 amide bonds. The predicted molar refractivity (Wildman–Crippen MR) is 51.3 cm³/mol. The van der Waals surface area contributed by atoms with Crippen molar-refractivity contribution in [3.8, 4) is 11.6 Å². The minimum absolute atomic E-state index is 0.429. The van der Waals surface area contributed by atoms with Gasteiger partial charge in [0, 0.05) is 0 Å². The summed E-state index contributed by atoms with van der Waals surface area (Å²) in [6, 6.07) is 7.44. The van der Waals surface area contributed by atoms with Crippen LogP contribution in [-0.2, 0) is 0 Å². The van der Waals surface area contributed by atoms with Crippen LogP contribution in [0.5, 0.6) is 11.6 Å². The maximum absolute atomic E-state index is 5.49. The van der Waals surface area contributed by atoms with Crippen LogP contribution >= 0.6 is 0 Å². The molecule has 1 heterocycles. The van der Waals surface area contributed by atoms with Gasteiger partial charge in [-0.1, -0.05) is 12.1 Å². The van der Waals surface area contributed by atoms with Gasteiger partial charge in [0.25, 0.3) is 5.88 Å². The fourth-order valence-corrected chi connectivity index (χ4v) is 1.17. The molecule has 1 aromatic heterocycles. The van der Waals surface area contributed by atoms with Crippen molar-refractivity contribution in [3.05, 3.63) is 41.7 Å². The zero-order chi connectivity index (χ0) is 9.97. The highest BCUT2D eigenvalue weighted by molar-refractivity contribution is 5.39. The van der Waals surface area contributed by atoms with Crippen LogP contribution in [0, 0.1) is 20.1 Å². The second kappa shape index (κ2) is 3.54. The van der Waals surface area contributed by atoms with Gasteiger partial charge in [0.15, 0.2) is 0 Å². The van der Waals surface area contributed by atoms with E-state index in [4.69, 9.17) is 4.74 Å². The highest BCUT2D eigenvalue weighted by Crippen LogP contribution is 2.25. The van der Waals surface area contributed by atoms with Crippen LogP contribution in [0.4, 0.5) is 0 Å². The van der Waals surface area contributed by atoms with Crippen molar-refractivity contribution in [2.45, 2.75) is 13.8 Å². The van der Waals surface area contributed by atoms with Crippen molar-refractivity contribution in [1.82, 2.24) is 5.16 Å². The van der Waals surface area contributed by atoms with E-state index < -0.39 is 0 Å². The molecule has 0 aliphatic carbocycles. The van der Waals surface area contributed by atoms with Gasteiger partial charge in [-0.25, -0.2) is 0 Å². The lowest BCUT2D eigenvalue weighted by molar-refractivity contribution is 0.362. The first-order valence-corrected chi connectivity index (χ1v) is 4.34. The smallest absolute Gasteiger partial charge is 0.260 e. The molecule has 3 heteroatoms. The number of benzene rings is 1. The number of aryl methyl sites for hydroxylation is 1. The summed E-state index contributed by atoms with van der Waals surface area (Å²) >= 11 is 0. The van der Waals surface area contributed by atoms with Gasteiger partial charge in [-0.15, -0.1) is 0 Å². The van der Waals surface area contributed by atoms with Crippen LogP contribution in [0.25, 0.3) is 0 Å². The molecule has 0 unspecified atom stereocenters. The first kappa shape index (κ1) is 8.81. The summed E-state index contributed by atoms with van der Waals surface area (Å²) in [7, 11) is 0. The standard InChI is InChI=1S/C11H10NO2/c1-8-4-3-5-10(9(8)2)14-11-6-7-13-12-11/h3-6H,1-2H3. The Morgan fingerprint density at radius 1 is 1.36 bits per heavy atom. The van der Waals surface area contributed by atoms with Crippen LogP contribution in [-0.4, -0.2) is 5.16 Å². The molecule has 14 heavy (non-hydrogen) atoms. The van der Waals surface area contributed by atoms with Gasteiger partial charge in [-0.3, -0.25) is 0 Å². The van der Waals surface area contributed by atoms with Gasteiger partial charge >= 0.3 is 0 Å². The van der Waals surface area contributed by atoms with E-state index in [1.54, 1.807) is 6.07 Å². The van der Waals surface area contributed by atoms with Gasteiger partial charge in [-0.2, -0.15) is 0 Å². The highest BCUT2D eigenvalue weighted by Gasteiger charge is 2.04. The van der Waals surface area contributed by atoms with Crippen LogP contribution in [0.15, 0.2) is 28.8 Å². The largest absolute Gasteiger partial charge is 0.436 e. The van der Waals surface area contributed by atoms with Gasteiger partial charge in [0.05, 0.1) is 6.07 Å². The molecule has 0 bridgehead atoms. The third-order valence-electron chi connectivity index (χ3n) is 2.14. The topological polar surface area (TPSA) is 35.3 Å². The number of aromatic nitrogens is 1. The van der Waals surface area contributed by atoms with Crippen molar-refractivity contribution in [2.75, 3.05) is 0 Å². The number of rotatable bonds is 2. The molecule has 0 spiro atoms. The molecule has 3 nitrogen and oxygen atoms in total. The van der Waals surface area contributed by atoms with Crippen LogP contribution in [0.2, 0.25) is 0 Å². The monoisotopic (exact) mass is 188 g/mol. The molecule has 0 aliphatic heterocycles. The average Bonchev–Trinajstić information content (AvgIpc) is 2.66. The Hall–Kier alpha value is -1.77. The third kappa shape index (κ3) is 1.62. The van der Waals surface area contributed by atoms with E-state index in [-0.39, 0.29) is 0 Å². The Morgan fingerprint density at radius 3 is 2.93 bits per heavy atom. The molecule has 0 saturated carbocycles. The Balaban J connectivity index is 2.29. The third-order valence-corrected chi connectivity index (χ3v) is 2.14. The average molecular weight is 188 g/mol. The summed E-state index contributed by atoms with van der Waals surface area (Å²) in [6.07, 6.45) is 2.47. The van der Waals surface area contributed by atoms with Gasteiger partial charge in [0.2, 0.25) is 6.26 Å². The molecule has 0 N–H and O–H groups in total. The van der Waals surface area contributed by atoms with E-state index in [9.17, 15) is 0 Å². The van der Waals surface area contributed by atoms with E-state index in [2.05, 4.69) is 15.9 Å². The Morgan fingerprint density at radius 2 is 2.21 bits per heavy atom. The summed E-state index contributed by atoms with van der Waals surface area (Å²) in [6.45, 7) is 4.05. The SMILES string of the molecule is Cc1cccc(Oc2c[c]on2)c1C. The van der Waals surface area contributed by atoms with Gasteiger partial charge < -0.3 is 9.26 Å². The highest BCUT2D eigenvalue weighted by atomic mass is 16.5. The summed E-state index contributed by atoms with van der Waals surface area (Å²) in [4.78, 5) is 0. The van der Waals surface area contributed by atoms with Gasteiger partial charge in [-0.05, 0) is 36.2 Å². The Bertz CT molecular complexity index is 421. The van der Waals surface area contributed by atoms with E-state index >= 15 is 0 Å². The molecule has 2 rings (SSSR count). The summed E-state index contributed by atoms with van der Waals surface area (Å²) in [5.74, 6) is 1.23. The fourth-order valence-electron chi connectivity index (χ4n) is 1.17. The van der Waals surface area contributed by atoms with E-state index in [0.717, 1.165) is 11.3 Å².